The Kier molecular flexibility index (Phi) is 9.26. The maximum atomic E-state index is 3.90. The zero-order valence-electron chi connectivity index (χ0n) is 22.6. The van der Waals surface area contributed by atoms with Crippen molar-refractivity contribution in [2.75, 3.05) is 6.54 Å². The number of nitrogens with one attached hydrogen (secondary N) is 1. The van der Waals surface area contributed by atoms with Crippen molar-refractivity contribution in [2.24, 2.45) is 29.1 Å². The van der Waals surface area contributed by atoms with E-state index in [2.05, 4.69) is 92.8 Å². The molecule has 1 saturated heterocycles. The minimum absolute atomic E-state index is 0.292. The lowest BCUT2D eigenvalue weighted by Crippen LogP contribution is -2.55. The number of piperidine rings is 1. The van der Waals surface area contributed by atoms with Gasteiger partial charge in [-0.25, -0.2) is 0 Å². The smallest absolute Gasteiger partial charge is 0.00756 e. The van der Waals surface area contributed by atoms with Gasteiger partial charge < -0.3 is 5.32 Å². The molecule has 0 aromatic heterocycles. The lowest BCUT2D eigenvalue weighted by Gasteiger charge is -2.52. The fourth-order valence-electron chi connectivity index (χ4n) is 7.12. The van der Waals surface area contributed by atoms with E-state index >= 15 is 0 Å². The molecule has 1 aliphatic rings. The van der Waals surface area contributed by atoms with Crippen LogP contribution in [-0.4, -0.2) is 12.6 Å². The van der Waals surface area contributed by atoms with Gasteiger partial charge in [-0.15, -0.1) is 0 Å². The Hall–Kier alpha value is -0.820. The second kappa shape index (κ2) is 10.9. The van der Waals surface area contributed by atoms with Gasteiger partial charge in [-0.1, -0.05) is 85.9 Å². The van der Waals surface area contributed by atoms with E-state index in [1.165, 1.54) is 49.7 Å². The van der Waals surface area contributed by atoms with E-state index in [-0.39, 0.29) is 0 Å². The topological polar surface area (TPSA) is 12.0 Å². The highest BCUT2D eigenvalue weighted by Gasteiger charge is 2.47. The monoisotopic (exact) mass is 427 g/mol. The normalized spacial score (nSPS) is 27.7. The molecule has 1 aromatic rings. The molecule has 31 heavy (non-hydrogen) atoms. The van der Waals surface area contributed by atoms with E-state index in [1.54, 1.807) is 5.56 Å². The second-order valence-electron chi connectivity index (χ2n) is 11.9. The predicted octanol–water partition coefficient (Wildman–Crippen LogP) is 8.46. The first-order valence-electron chi connectivity index (χ1n) is 13.3. The van der Waals surface area contributed by atoms with Crippen molar-refractivity contribution in [3.05, 3.63) is 34.9 Å². The number of benzene rings is 1. The summed E-state index contributed by atoms with van der Waals surface area (Å²) < 4.78 is 0. The van der Waals surface area contributed by atoms with Crippen LogP contribution in [0.1, 0.15) is 111 Å². The lowest BCUT2D eigenvalue weighted by atomic mass is 9.55. The van der Waals surface area contributed by atoms with Crippen LogP contribution in [-0.2, 0) is 5.41 Å². The number of aryl methyl sites for hydroxylation is 2. The fourth-order valence-corrected chi connectivity index (χ4v) is 7.12. The van der Waals surface area contributed by atoms with Crippen molar-refractivity contribution in [2.45, 2.75) is 119 Å². The average molecular weight is 428 g/mol. The highest BCUT2D eigenvalue weighted by molar-refractivity contribution is 5.41. The number of hydrogen-bond donors (Lipinski definition) is 1. The molecule has 6 atom stereocenters. The third-order valence-corrected chi connectivity index (χ3v) is 9.28. The first kappa shape index (κ1) is 26.4. The van der Waals surface area contributed by atoms with Gasteiger partial charge in [0.25, 0.3) is 0 Å². The van der Waals surface area contributed by atoms with Crippen molar-refractivity contribution < 1.29 is 0 Å². The summed E-state index contributed by atoms with van der Waals surface area (Å²) in [5.41, 5.74) is 5.32. The van der Waals surface area contributed by atoms with Crippen LogP contribution in [0.5, 0.6) is 0 Å². The van der Waals surface area contributed by atoms with E-state index in [4.69, 9.17) is 0 Å². The lowest BCUT2D eigenvalue weighted by molar-refractivity contribution is 0.0478. The molecule has 0 bridgehead atoms. The van der Waals surface area contributed by atoms with Crippen LogP contribution in [0.4, 0.5) is 0 Å². The summed E-state index contributed by atoms with van der Waals surface area (Å²) in [5.74, 6) is 3.03. The molecule has 0 radical (unpaired) electrons. The van der Waals surface area contributed by atoms with Gasteiger partial charge in [-0.2, -0.15) is 0 Å². The van der Waals surface area contributed by atoms with Crippen molar-refractivity contribution >= 4 is 0 Å². The van der Waals surface area contributed by atoms with Crippen LogP contribution in [0.15, 0.2) is 18.2 Å². The Morgan fingerprint density at radius 2 is 1.71 bits per heavy atom. The van der Waals surface area contributed by atoms with E-state index in [0.717, 1.165) is 24.3 Å². The molecule has 1 N–H and O–H groups in total. The van der Waals surface area contributed by atoms with Crippen LogP contribution in [0.2, 0.25) is 0 Å². The number of rotatable bonds is 9. The first-order chi connectivity index (χ1) is 14.5. The zero-order chi connectivity index (χ0) is 23.4. The van der Waals surface area contributed by atoms with Gasteiger partial charge in [-0.05, 0) is 92.4 Å². The predicted molar refractivity (Wildman–Crippen MR) is 139 cm³/mol. The fraction of sp³-hybridized carbons (Fsp3) is 0.800. The van der Waals surface area contributed by atoms with Crippen molar-refractivity contribution in [3.8, 4) is 0 Å². The maximum absolute atomic E-state index is 3.90. The molecule has 0 aliphatic carbocycles. The summed E-state index contributed by atoms with van der Waals surface area (Å²) in [4.78, 5) is 0. The molecule has 1 heteroatoms. The average Bonchev–Trinajstić information content (AvgIpc) is 2.70. The SMILES string of the molecule is CCC[C@@H](CC)C(CC1C(C)NCCC1(CC)c1c(C)cccc1C)[C@@H](C)C(C)(C)C. The summed E-state index contributed by atoms with van der Waals surface area (Å²) in [7, 11) is 0. The standard InChI is InChI=1S/C30H53N/c1-11-15-25(12-2)26(23(6)29(8,9)10)20-27-24(7)31-19-18-30(27,13-3)28-21(4)16-14-17-22(28)5/h14,16-17,23-27,31H,11-13,15,18-20H2,1-10H3/t23-,24?,25-,26?,27?,30?/m1/s1. The molecule has 1 aliphatic heterocycles. The quantitative estimate of drug-likeness (QED) is 0.416. The van der Waals surface area contributed by atoms with Gasteiger partial charge in [0, 0.05) is 11.5 Å². The Labute approximate surface area is 195 Å². The molecule has 4 unspecified atom stereocenters. The van der Waals surface area contributed by atoms with Gasteiger partial charge in [-0.3, -0.25) is 0 Å². The highest BCUT2D eigenvalue weighted by Crippen LogP contribution is 2.51. The molecule has 1 fully saturated rings. The number of hydrogen-bond acceptors (Lipinski definition) is 1. The molecular formula is C30H53N. The van der Waals surface area contributed by atoms with Crippen LogP contribution >= 0.6 is 0 Å². The third-order valence-electron chi connectivity index (χ3n) is 9.28. The molecule has 0 amide bonds. The highest BCUT2D eigenvalue weighted by atomic mass is 14.9. The van der Waals surface area contributed by atoms with Crippen LogP contribution in [0.3, 0.4) is 0 Å². The summed E-state index contributed by atoms with van der Waals surface area (Å²) in [6.07, 6.45) is 7.86. The molecule has 1 nitrogen and oxygen atoms in total. The first-order valence-corrected chi connectivity index (χ1v) is 13.3. The van der Waals surface area contributed by atoms with Crippen LogP contribution < -0.4 is 5.32 Å². The summed E-state index contributed by atoms with van der Waals surface area (Å²) in [6, 6.07) is 7.52. The molecule has 0 saturated carbocycles. The van der Waals surface area contributed by atoms with Gasteiger partial charge in [0.2, 0.25) is 0 Å². The van der Waals surface area contributed by atoms with Crippen LogP contribution in [0, 0.1) is 42.9 Å². The summed E-state index contributed by atoms with van der Waals surface area (Å²) in [6.45, 7) is 25.5. The summed E-state index contributed by atoms with van der Waals surface area (Å²) >= 11 is 0. The van der Waals surface area contributed by atoms with Gasteiger partial charge in [0.05, 0.1) is 0 Å². The van der Waals surface area contributed by atoms with Gasteiger partial charge >= 0.3 is 0 Å². The zero-order valence-corrected chi connectivity index (χ0v) is 22.6. The third kappa shape index (κ3) is 5.58. The molecule has 0 spiro atoms. The van der Waals surface area contributed by atoms with E-state index in [9.17, 15) is 0 Å². The van der Waals surface area contributed by atoms with Crippen molar-refractivity contribution in [3.63, 3.8) is 0 Å². The van der Waals surface area contributed by atoms with Gasteiger partial charge in [0.1, 0.15) is 0 Å². The van der Waals surface area contributed by atoms with Gasteiger partial charge in [0.15, 0.2) is 0 Å². The van der Waals surface area contributed by atoms with E-state index in [1.807, 2.05) is 0 Å². The Bertz CT molecular complexity index is 664. The second-order valence-corrected chi connectivity index (χ2v) is 11.9. The summed E-state index contributed by atoms with van der Waals surface area (Å²) in [5, 5.41) is 3.90. The van der Waals surface area contributed by atoms with E-state index in [0.29, 0.717) is 22.8 Å². The Balaban J connectivity index is 2.57. The molecule has 1 heterocycles. The van der Waals surface area contributed by atoms with Crippen LogP contribution in [0.25, 0.3) is 0 Å². The molecule has 2 rings (SSSR count). The molecule has 1 aromatic carbocycles. The van der Waals surface area contributed by atoms with Crippen molar-refractivity contribution in [1.29, 1.82) is 0 Å². The Morgan fingerprint density at radius 3 is 2.19 bits per heavy atom. The largest absolute Gasteiger partial charge is 0.314 e. The molecular weight excluding hydrogens is 374 g/mol. The van der Waals surface area contributed by atoms with E-state index < -0.39 is 0 Å². The van der Waals surface area contributed by atoms with Crippen molar-refractivity contribution in [1.82, 2.24) is 5.32 Å². The maximum Gasteiger partial charge on any atom is 0.00756 e. The minimum Gasteiger partial charge on any atom is -0.314 e. The Morgan fingerprint density at radius 1 is 1.10 bits per heavy atom. The minimum atomic E-state index is 0.292. The molecule has 178 valence electrons.